The number of piperidine rings is 1. The molecular formula is C17H27N3O4. The number of aliphatic hydroxyl groups is 1. The molecule has 7 nitrogen and oxygen atoms in total. The fourth-order valence-electron chi connectivity index (χ4n) is 3.19. The van der Waals surface area contributed by atoms with Crippen LogP contribution in [0.3, 0.4) is 0 Å². The highest BCUT2D eigenvalue weighted by molar-refractivity contribution is 5.94. The molecule has 0 aliphatic carbocycles. The van der Waals surface area contributed by atoms with E-state index in [0.717, 1.165) is 0 Å². The van der Waals surface area contributed by atoms with Crippen LogP contribution in [-0.2, 0) is 11.3 Å². The highest BCUT2D eigenvalue weighted by Crippen LogP contribution is 2.37. The van der Waals surface area contributed by atoms with E-state index in [1.54, 1.807) is 10.9 Å². The van der Waals surface area contributed by atoms with Gasteiger partial charge in [-0.3, -0.25) is 14.3 Å². The summed E-state index contributed by atoms with van der Waals surface area (Å²) in [6.07, 6.45) is 3.57. The lowest BCUT2D eigenvalue weighted by Crippen LogP contribution is -2.57. The summed E-state index contributed by atoms with van der Waals surface area (Å²) in [5.74, 6) is -0.920. The number of hydrogen-bond acceptors (Lipinski definition) is 4. The Kier molecular flexibility index (Phi) is 5.64. The van der Waals surface area contributed by atoms with Crippen molar-refractivity contribution in [2.24, 2.45) is 11.3 Å². The molecular weight excluding hydrogens is 310 g/mol. The van der Waals surface area contributed by atoms with Crippen LogP contribution in [0, 0.1) is 11.3 Å². The minimum Gasteiger partial charge on any atom is -0.481 e. The predicted molar refractivity (Wildman–Crippen MR) is 88.6 cm³/mol. The van der Waals surface area contributed by atoms with Crippen molar-refractivity contribution in [3.63, 3.8) is 0 Å². The normalized spacial score (nSPS) is 24.4. The summed E-state index contributed by atoms with van der Waals surface area (Å²) in [6.45, 7) is 7.03. The smallest absolute Gasteiger partial charge is 0.314 e. The Labute approximate surface area is 142 Å². The first kappa shape index (κ1) is 18.4. The Balaban J connectivity index is 2.21. The fourth-order valence-corrected chi connectivity index (χ4v) is 3.19. The van der Waals surface area contributed by atoms with E-state index >= 15 is 0 Å². The second-order valence-electron chi connectivity index (χ2n) is 7.01. The van der Waals surface area contributed by atoms with Gasteiger partial charge in [0.05, 0.1) is 17.9 Å². The molecule has 1 fully saturated rings. The number of carbonyl (C=O) groups excluding carboxylic acids is 1. The van der Waals surface area contributed by atoms with Gasteiger partial charge >= 0.3 is 5.97 Å². The van der Waals surface area contributed by atoms with Crippen LogP contribution in [0.25, 0.3) is 0 Å². The van der Waals surface area contributed by atoms with Gasteiger partial charge in [-0.2, -0.15) is 5.10 Å². The van der Waals surface area contributed by atoms with E-state index in [2.05, 4.69) is 5.10 Å². The van der Waals surface area contributed by atoms with Gasteiger partial charge in [0.2, 0.25) is 0 Å². The number of carboxylic acids is 1. The molecule has 2 N–H and O–H groups in total. The highest BCUT2D eigenvalue weighted by atomic mass is 16.4. The summed E-state index contributed by atoms with van der Waals surface area (Å²) < 4.78 is 1.66. The molecule has 134 valence electrons. The zero-order chi connectivity index (χ0) is 17.9. The van der Waals surface area contributed by atoms with E-state index in [4.69, 9.17) is 0 Å². The topological polar surface area (TPSA) is 95.7 Å². The Hall–Kier alpha value is -1.89. The summed E-state index contributed by atoms with van der Waals surface area (Å²) >= 11 is 0. The molecule has 7 heteroatoms. The second kappa shape index (κ2) is 7.34. The Morgan fingerprint density at radius 2 is 2.17 bits per heavy atom. The molecule has 1 aliphatic heterocycles. The van der Waals surface area contributed by atoms with Crippen molar-refractivity contribution in [3.05, 3.63) is 18.0 Å². The van der Waals surface area contributed by atoms with Crippen molar-refractivity contribution in [3.8, 4) is 0 Å². The number of carboxylic acid groups (broad SMARTS) is 1. The van der Waals surface area contributed by atoms with Crippen LogP contribution in [0.2, 0.25) is 0 Å². The van der Waals surface area contributed by atoms with E-state index in [9.17, 15) is 19.8 Å². The summed E-state index contributed by atoms with van der Waals surface area (Å²) in [4.78, 5) is 26.2. The minimum atomic E-state index is -1.29. The number of likely N-dealkylation sites (tertiary alicyclic amines) is 1. The molecule has 1 saturated heterocycles. The molecule has 1 aromatic heterocycles. The van der Waals surface area contributed by atoms with Gasteiger partial charge in [0, 0.05) is 25.8 Å². The maximum atomic E-state index is 12.7. The van der Waals surface area contributed by atoms with E-state index in [1.807, 2.05) is 20.8 Å². The lowest BCUT2D eigenvalue weighted by molar-refractivity contribution is -0.163. The number of amides is 1. The van der Waals surface area contributed by atoms with Crippen molar-refractivity contribution in [2.75, 3.05) is 13.1 Å². The highest BCUT2D eigenvalue weighted by Gasteiger charge is 2.49. The van der Waals surface area contributed by atoms with Crippen LogP contribution in [0.15, 0.2) is 12.4 Å². The summed E-state index contributed by atoms with van der Waals surface area (Å²) in [5.41, 5.74) is -0.838. The van der Waals surface area contributed by atoms with Crippen molar-refractivity contribution in [1.82, 2.24) is 14.7 Å². The van der Waals surface area contributed by atoms with Crippen LogP contribution in [0.4, 0.5) is 0 Å². The zero-order valence-electron chi connectivity index (χ0n) is 14.6. The third kappa shape index (κ3) is 3.61. The van der Waals surface area contributed by atoms with Gasteiger partial charge in [-0.1, -0.05) is 13.8 Å². The number of aromatic nitrogens is 2. The Morgan fingerprint density at radius 1 is 1.46 bits per heavy atom. The van der Waals surface area contributed by atoms with Gasteiger partial charge < -0.3 is 15.1 Å². The second-order valence-corrected chi connectivity index (χ2v) is 7.01. The largest absolute Gasteiger partial charge is 0.481 e. The van der Waals surface area contributed by atoms with Gasteiger partial charge in [-0.05, 0) is 32.1 Å². The van der Waals surface area contributed by atoms with Crippen LogP contribution in [0.1, 0.15) is 50.4 Å². The molecule has 2 heterocycles. The number of nitrogens with zero attached hydrogens (tertiary/aromatic N) is 3. The summed E-state index contributed by atoms with van der Waals surface area (Å²) in [7, 11) is 0. The minimum absolute atomic E-state index is 0.0341. The number of hydrogen-bond donors (Lipinski definition) is 2. The van der Waals surface area contributed by atoms with Crippen molar-refractivity contribution in [1.29, 1.82) is 0 Å². The molecule has 1 aromatic rings. The van der Waals surface area contributed by atoms with E-state index in [0.29, 0.717) is 37.4 Å². The number of rotatable bonds is 6. The van der Waals surface area contributed by atoms with Crippen molar-refractivity contribution in [2.45, 2.75) is 52.7 Å². The van der Waals surface area contributed by atoms with Gasteiger partial charge in [0.25, 0.3) is 5.91 Å². The molecule has 0 aromatic carbocycles. The molecule has 1 amide bonds. The van der Waals surface area contributed by atoms with Crippen LogP contribution < -0.4 is 0 Å². The molecule has 0 saturated carbocycles. The number of carbonyl (C=O) groups is 2. The molecule has 0 radical (unpaired) electrons. The zero-order valence-corrected chi connectivity index (χ0v) is 14.6. The molecule has 0 bridgehead atoms. The number of aryl methyl sites for hydroxylation is 1. The maximum absolute atomic E-state index is 12.7. The molecule has 1 aliphatic rings. The van der Waals surface area contributed by atoms with Crippen molar-refractivity contribution < 1.29 is 19.8 Å². The summed E-state index contributed by atoms with van der Waals surface area (Å²) in [5, 5.41) is 24.2. The van der Waals surface area contributed by atoms with Crippen LogP contribution in [-0.4, -0.2) is 56.0 Å². The van der Waals surface area contributed by atoms with Gasteiger partial charge in [0.1, 0.15) is 5.41 Å². The predicted octanol–water partition coefficient (Wildman–Crippen LogP) is 1.62. The Morgan fingerprint density at radius 3 is 2.71 bits per heavy atom. The van der Waals surface area contributed by atoms with E-state index in [1.165, 1.54) is 11.1 Å². The molecule has 2 rings (SSSR count). The Bertz CT molecular complexity index is 598. The van der Waals surface area contributed by atoms with Crippen LogP contribution >= 0.6 is 0 Å². The van der Waals surface area contributed by atoms with Crippen LogP contribution in [0.5, 0.6) is 0 Å². The van der Waals surface area contributed by atoms with E-state index in [-0.39, 0.29) is 18.9 Å². The third-order valence-corrected chi connectivity index (χ3v) is 4.87. The monoisotopic (exact) mass is 337 g/mol. The van der Waals surface area contributed by atoms with E-state index < -0.39 is 17.5 Å². The van der Waals surface area contributed by atoms with Gasteiger partial charge in [-0.15, -0.1) is 0 Å². The molecule has 2 atom stereocenters. The maximum Gasteiger partial charge on any atom is 0.314 e. The quantitative estimate of drug-likeness (QED) is 0.822. The van der Waals surface area contributed by atoms with Gasteiger partial charge in [0.15, 0.2) is 0 Å². The number of aliphatic carboxylic acids is 1. The molecule has 0 unspecified atom stereocenters. The first-order chi connectivity index (χ1) is 11.3. The first-order valence-corrected chi connectivity index (χ1v) is 8.53. The average molecular weight is 337 g/mol. The lowest BCUT2D eigenvalue weighted by atomic mass is 9.72. The third-order valence-electron chi connectivity index (χ3n) is 4.87. The lowest BCUT2D eigenvalue weighted by Gasteiger charge is -2.43. The molecule has 24 heavy (non-hydrogen) atoms. The fraction of sp³-hybridized carbons (Fsp3) is 0.706. The summed E-state index contributed by atoms with van der Waals surface area (Å²) in [6, 6.07) is 0. The number of aliphatic hydroxyl groups excluding tert-OH is 1. The SMILES string of the molecule is CCn1cc(C(=O)N2CC[C@@H](O)[C@](CCC(C)C)(C(=O)O)C2)cn1. The van der Waals surface area contributed by atoms with Crippen molar-refractivity contribution >= 4 is 11.9 Å². The van der Waals surface area contributed by atoms with Gasteiger partial charge in [-0.25, -0.2) is 0 Å². The first-order valence-electron chi connectivity index (χ1n) is 8.53. The molecule has 0 spiro atoms. The average Bonchev–Trinajstić information content (AvgIpc) is 3.02. The standard InChI is InChI=1S/C17H27N3O4/c1-4-20-10-13(9-18-20)15(22)19-8-6-14(21)17(11-19,16(23)24)7-5-12(2)3/h9-10,12,14,21H,4-8,11H2,1-3H3,(H,23,24)/t14-,17-/m1/s1.